The van der Waals surface area contributed by atoms with Crippen molar-refractivity contribution < 1.29 is 46.7 Å². The van der Waals surface area contributed by atoms with E-state index >= 15 is 0 Å². The van der Waals surface area contributed by atoms with E-state index in [1.54, 1.807) is 0 Å². The molecule has 0 N–H and O–H groups in total. The highest BCUT2D eigenvalue weighted by Gasteiger charge is 2.54. The number of likely N-dealkylation sites (N-methyl/N-ethyl adjacent to an activating group) is 2. The molecule has 0 saturated carbocycles. The highest BCUT2D eigenvalue weighted by atomic mass is 28.4. The van der Waals surface area contributed by atoms with Gasteiger partial charge in [-0.3, -0.25) is 8.47 Å². The summed E-state index contributed by atoms with van der Waals surface area (Å²) in [5.41, 5.74) is 2.84. The summed E-state index contributed by atoms with van der Waals surface area (Å²) in [7, 11) is 3.06. The third-order valence-electron chi connectivity index (χ3n) is 18.4. The van der Waals surface area contributed by atoms with E-state index in [1.807, 2.05) is 328 Å². The predicted molar refractivity (Wildman–Crippen MR) is 422 cm³/mol. The highest BCUT2D eigenvalue weighted by Crippen LogP contribution is 2.51. The molecule has 4 aliphatic rings. The third kappa shape index (κ3) is 13.5. The molecule has 20 nitrogen and oxygen atoms in total. The average molecular weight is 1450 g/mol. The molecule has 21 heteroatoms. The van der Waals surface area contributed by atoms with Crippen LogP contribution in [0, 0.1) is 0 Å². The van der Waals surface area contributed by atoms with Crippen LogP contribution in [0.2, 0.25) is 0 Å². The monoisotopic (exact) mass is 1450 g/mol. The normalized spacial score (nSPS) is 13.4. The zero-order chi connectivity index (χ0) is 73.4. The number of nitrogens with zero attached hydrogens (tertiary/aromatic N) is 10. The smallest absolute Gasteiger partial charge is 0.453 e. The number of amidine groups is 4. The average Bonchev–Trinajstić information content (AvgIpc) is 1.52. The Bertz CT molecular complexity index is 5690. The van der Waals surface area contributed by atoms with Gasteiger partial charge in [0.15, 0.2) is 69.3 Å². The van der Waals surface area contributed by atoms with E-state index in [4.69, 9.17) is 76.7 Å². The molecule has 0 radical (unpaired) electrons. The van der Waals surface area contributed by atoms with E-state index in [0.29, 0.717) is 171 Å². The van der Waals surface area contributed by atoms with Crippen molar-refractivity contribution in [3.63, 3.8) is 0 Å². The Morgan fingerprint density at radius 1 is 0.257 bits per heavy atom. The summed E-state index contributed by atoms with van der Waals surface area (Å²) in [5.74, 6) is 8.97. The molecule has 0 spiro atoms. The fourth-order valence-electron chi connectivity index (χ4n) is 13.2. The second kappa shape index (κ2) is 29.1. The van der Waals surface area contributed by atoms with Crippen molar-refractivity contribution in [3.8, 4) is 92.0 Å². The molecule has 18 rings (SSSR count). The lowest BCUT2D eigenvalue weighted by Gasteiger charge is -2.34. The summed E-state index contributed by atoms with van der Waals surface area (Å²) in [5, 5.41) is 2.13. The van der Waals surface area contributed by atoms with Crippen LogP contribution in [0.4, 0.5) is 11.6 Å². The van der Waals surface area contributed by atoms with Crippen LogP contribution in [-0.4, -0.2) is 105 Å². The fourth-order valence-corrected chi connectivity index (χ4v) is 16.5. The Hall–Kier alpha value is -13.5. The van der Waals surface area contributed by atoms with Crippen molar-refractivity contribution in [2.75, 3.05) is 54.5 Å². The number of benzene rings is 12. The first-order chi connectivity index (χ1) is 53.6. The number of aromatic nitrogens is 2. The molecule has 6 bridgehead atoms. The summed E-state index contributed by atoms with van der Waals surface area (Å²) in [6.07, 6.45) is 0. The lowest BCUT2D eigenvalue weighted by atomic mass is 10.1. The maximum absolute atomic E-state index is 8.08. The summed E-state index contributed by atoms with van der Waals surface area (Å²) in [6, 6.07) is 91.9. The number of rotatable bonds is 24. The van der Waals surface area contributed by atoms with Crippen molar-refractivity contribution in [2.45, 2.75) is 0 Å². The Morgan fingerprint density at radius 3 is 0.716 bits per heavy atom. The van der Waals surface area contributed by atoms with Crippen molar-refractivity contribution >= 4 is 65.4 Å². The number of para-hydroxylation sites is 8. The van der Waals surface area contributed by atoms with Crippen LogP contribution < -0.4 is 48.9 Å². The minimum absolute atomic E-state index is 0.0910. The second-order valence-electron chi connectivity index (χ2n) is 26.5. The van der Waals surface area contributed by atoms with Crippen LogP contribution in [0.1, 0.15) is 22.3 Å². The summed E-state index contributed by atoms with van der Waals surface area (Å²) in [4.78, 5) is 39.1. The zero-order valence-corrected chi connectivity index (χ0v) is 60.6. The van der Waals surface area contributed by atoms with E-state index in [9.17, 15) is 0 Å². The Labute approximate surface area is 627 Å². The molecule has 4 aliphatic heterocycles. The van der Waals surface area contributed by atoms with Crippen LogP contribution in [0.15, 0.2) is 321 Å². The molecular formula is C88H68N10O10Si. The lowest BCUT2D eigenvalue weighted by Crippen LogP contribution is -2.64. The van der Waals surface area contributed by atoms with Crippen molar-refractivity contribution in [1.82, 2.24) is 18.3 Å². The minimum Gasteiger partial charge on any atom is -0.453 e. The predicted octanol–water partition coefficient (Wildman–Crippen LogP) is 18.9. The molecule has 534 valence electrons. The lowest BCUT2D eigenvalue weighted by molar-refractivity contribution is 0.129. The van der Waals surface area contributed by atoms with Gasteiger partial charge in [0.1, 0.15) is 68.6 Å². The van der Waals surface area contributed by atoms with Gasteiger partial charge < -0.3 is 56.5 Å². The quantitative estimate of drug-likeness (QED) is 0.0523. The first-order valence-corrected chi connectivity index (χ1v) is 37.3. The SMILES string of the molecule is CN(C)CCO[Si]1(OCCN(C)C)n2c3c4cc(Oc5ccccc5)c(Oc5ccccc5)cc4c2N=C2N=C(N=c4c5cc(Oc6ccccc6)c(Oc6ccccc6)cc5c(n41)=NC1=NC(=N3)c3cc(Oc4ccccc4)c(Oc4ccccc4)cc31)c1cc(Oc3ccccc3)c(Oc3ccccc3)cc12. The molecule has 0 amide bonds. The standard InChI is InChI=1S/C88H68N10O10Si/c1-95(2)45-47-99-109(100-48-46-96(3)4)97-85-69-53-77(105-61-37-21-9-22-38-61)78(106-62-39-23-10-24-40-62)54-70(69)87(97)93-83-67-51-75(103-59-33-17-7-18-34-59)76(104-60-35-19-8-20-36-60)52-68(67)84(90-83)94-88-72-56-80(108-64-43-27-12-28-44-64)79(107-63-41-25-11-26-42-63)55-71(72)86(98(88)109)92-82-66-50-74(102-58-31-15-6-16-32-58)73(49-65(66)81(89-82)91-85)101-57-29-13-5-14-30-57/h5-44,49-56H,45-48H2,1-4H3. The summed E-state index contributed by atoms with van der Waals surface area (Å²) in [6.45, 7) is 1.03. The van der Waals surface area contributed by atoms with Gasteiger partial charge in [-0.1, -0.05) is 146 Å². The minimum atomic E-state index is -4.95. The Morgan fingerprint density at radius 2 is 0.477 bits per heavy atom. The first-order valence-electron chi connectivity index (χ1n) is 35.6. The molecule has 0 fully saturated rings. The van der Waals surface area contributed by atoms with E-state index in [1.165, 1.54) is 0 Å². The molecular weight excluding hydrogens is 1390 g/mol. The first kappa shape index (κ1) is 67.3. The molecule has 2 aromatic heterocycles. The van der Waals surface area contributed by atoms with Crippen LogP contribution in [-0.2, 0) is 8.85 Å². The molecule has 0 saturated heterocycles. The molecule has 14 aromatic rings. The van der Waals surface area contributed by atoms with Gasteiger partial charge in [0, 0.05) is 56.9 Å². The van der Waals surface area contributed by atoms with Gasteiger partial charge in [0.2, 0.25) is 0 Å². The van der Waals surface area contributed by atoms with E-state index in [2.05, 4.69) is 9.80 Å². The van der Waals surface area contributed by atoms with Gasteiger partial charge in [-0.2, -0.15) is 0 Å². The number of aliphatic imine (C=N–C) groups is 4. The van der Waals surface area contributed by atoms with Gasteiger partial charge in [0.25, 0.3) is 0 Å². The molecule has 109 heavy (non-hydrogen) atoms. The molecule has 0 aliphatic carbocycles. The van der Waals surface area contributed by atoms with E-state index in [-0.39, 0.29) is 36.6 Å². The Balaban J connectivity index is 1.04. The van der Waals surface area contributed by atoms with Crippen LogP contribution in [0.25, 0.3) is 21.5 Å². The highest BCUT2D eigenvalue weighted by molar-refractivity contribution is 6.66. The van der Waals surface area contributed by atoms with E-state index < -0.39 is 8.88 Å². The second-order valence-corrected chi connectivity index (χ2v) is 29.1. The van der Waals surface area contributed by atoms with Gasteiger partial charge in [0.05, 0.1) is 13.2 Å². The number of hydrogen-bond acceptors (Lipinski definition) is 18. The number of hydrogen-bond donors (Lipinski definition) is 0. The van der Waals surface area contributed by atoms with Crippen LogP contribution in [0.5, 0.6) is 92.0 Å². The van der Waals surface area contributed by atoms with Crippen LogP contribution in [0.3, 0.4) is 0 Å². The molecule has 6 heterocycles. The van der Waals surface area contributed by atoms with Gasteiger partial charge in [-0.25, -0.2) is 30.0 Å². The largest absolute Gasteiger partial charge is 0.603 e. The van der Waals surface area contributed by atoms with Gasteiger partial charge in [-0.15, -0.1) is 0 Å². The zero-order valence-electron chi connectivity index (χ0n) is 59.6. The number of ether oxygens (including phenoxy) is 8. The topological polar surface area (TPSA) is 183 Å². The van der Waals surface area contributed by atoms with Crippen molar-refractivity contribution in [3.05, 3.63) is 324 Å². The molecule has 0 unspecified atom stereocenters. The van der Waals surface area contributed by atoms with Crippen LogP contribution >= 0.6 is 0 Å². The summed E-state index contributed by atoms with van der Waals surface area (Å²) >= 11 is 0. The number of fused-ring (bicyclic) bond motifs is 14. The maximum atomic E-state index is 8.08. The maximum Gasteiger partial charge on any atom is 0.603 e. The third-order valence-corrected chi connectivity index (χ3v) is 21.5. The van der Waals surface area contributed by atoms with Crippen molar-refractivity contribution in [1.29, 1.82) is 0 Å². The van der Waals surface area contributed by atoms with Gasteiger partial charge in [-0.05, 0) is 174 Å². The molecule has 12 aromatic carbocycles. The van der Waals surface area contributed by atoms with E-state index in [0.717, 1.165) is 0 Å². The Kier molecular flexibility index (Phi) is 18.0. The molecule has 0 atom stereocenters. The van der Waals surface area contributed by atoms with Crippen molar-refractivity contribution in [2.24, 2.45) is 30.0 Å². The van der Waals surface area contributed by atoms with Gasteiger partial charge >= 0.3 is 8.88 Å². The fraction of sp³-hybridized carbons (Fsp3) is 0.0909. The summed E-state index contributed by atoms with van der Waals surface area (Å²) < 4.78 is 76.0.